The van der Waals surface area contributed by atoms with Crippen LogP contribution in [0.2, 0.25) is 0 Å². The summed E-state index contributed by atoms with van der Waals surface area (Å²) in [6.07, 6.45) is 0.503. The van der Waals surface area contributed by atoms with Gasteiger partial charge in [0, 0.05) is 12.0 Å². The third-order valence-electron chi connectivity index (χ3n) is 1.51. The Morgan fingerprint density at radius 1 is 1.55 bits per heavy atom. The van der Waals surface area contributed by atoms with Gasteiger partial charge in [0.15, 0.2) is 5.78 Å². The van der Waals surface area contributed by atoms with E-state index < -0.39 is 0 Å². The Morgan fingerprint density at radius 3 is 2.82 bits per heavy atom. The second-order valence-electron chi connectivity index (χ2n) is 2.36. The average molecular weight is 148 g/mol. The first-order valence-electron chi connectivity index (χ1n) is 3.59. The van der Waals surface area contributed by atoms with E-state index >= 15 is 0 Å². The highest BCUT2D eigenvalue weighted by Gasteiger charge is 2.01. The van der Waals surface area contributed by atoms with Crippen LogP contribution >= 0.6 is 0 Å². The topological polar surface area (TPSA) is 40.9 Å². The molecule has 0 saturated heterocycles. The van der Waals surface area contributed by atoms with Crippen LogP contribution in [0.1, 0.15) is 23.7 Å². The van der Waals surface area contributed by atoms with Crippen LogP contribution in [0.4, 0.5) is 5.69 Å². The molecule has 1 aromatic rings. The summed E-state index contributed by atoms with van der Waals surface area (Å²) in [5, 5.41) is 0. The minimum atomic E-state index is 0.0964. The van der Waals surface area contributed by atoms with Gasteiger partial charge in [-0.15, -0.1) is 0 Å². The fourth-order valence-corrected chi connectivity index (χ4v) is 0.897. The average Bonchev–Trinajstić information content (AvgIpc) is 2.03. The van der Waals surface area contributed by atoms with Gasteiger partial charge < -0.3 is 5.73 Å². The van der Waals surface area contributed by atoms with Gasteiger partial charge in [0.1, 0.15) is 0 Å². The summed E-state index contributed by atoms with van der Waals surface area (Å²) in [7, 11) is 0. The first-order valence-corrected chi connectivity index (χ1v) is 3.59. The van der Waals surface area contributed by atoms with Gasteiger partial charge in [-0.25, -0.2) is 0 Å². The summed E-state index contributed by atoms with van der Waals surface area (Å²) in [5.74, 6) is 0.0964. The van der Waals surface area contributed by atoms with E-state index in [0.29, 0.717) is 17.7 Å². The zero-order valence-corrected chi connectivity index (χ0v) is 6.42. The summed E-state index contributed by atoms with van der Waals surface area (Å²) in [6.45, 7) is 1.82. The maximum atomic E-state index is 11.1. The summed E-state index contributed by atoms with van der Waals surface area (Å²) in [5.41, 5.74) is 8.28. The minimum Gasteiger partial charge on any atom is -0.301 e. The molecule has 1 aromatic carbocycles. The second-order valence-corrected chi connectivity index (χ2v) is 2.36. The Hall–Kier alpha value is -1.31. The molecule has 0 saturated carbocycles. The Bertz CT molecular complexity index is 268. The lowest BCUT2D eigenvalue weighted by Gasteiger charge is -1.96. The molecule has 0 fully saturated rings. The number of benzene rings is 1. The number of carbonyl (C=O) groups excluding carboxylic acids is 1. The predicted molar refractivity (Wildman–Crippen MR) is 43.8 cm³/mol. The van der Waals surface area contributed by atoms with Crippen molar-refractivity contribution in [3.8, 4) is 0 Å². The van der Waals surface area contributed by atoms with Gasteiger partial charge in [-0.05, 0) is 12.1 Å². The number of hydrogen-bond donors (Lipinski definition) is 0. The van der Waals surface area contributed by atoms with E-state index in [1.54, 1.807) is 24.3 Å². The van der Waals surface area contributed by atoms with Crippen LogP contribution in [-0.4, -0.2) is 5.78 Å². The van der Waals surface area contributed by atoms with Crippen LogP contribution in [0.15, 0.2) is 24.3 Å². The zero-order chi connectivity index (χ0) is 8.27. The number of Topliss-reactive ketones (excluding diaryl/α,β-unsaturated/α-hetero) is 1. The molecule has 0 aliphatic carbocycles. The molecule has 0 atom stereocenters. The van der Waals surface area contributed by atoms with Crippen molar-refractivity contribution in [1.82, 2.24) is 5.73 Å². The first-order chi connectivity index (χ1) is 5.24. The van der Waals surface area contributed by atoms with Crippen molar-refractivity contribution < 1.29 is 4.79 Å². The quantitative estimate of drug-likeness (QED) is 0.592. The van der Waals surface area contributed by atoms with E-state index in [0.717, 1.165) is 0 Å². The number of nitrogens with one attached hydrogen (secondary N) is 1. The van der Waals surface area contributed by atoms with Crippen molar-refractivity contribution in [3.63, 3.8) is 0 Å². The van der Waals surface area contributed by atoms with Crippen LogP contribution in [-0.2, 0) is 0 Å². The van der Waals surface area contributed by atoms with Gasteiger partial charge in [0.25, 0.3) is 0 Å². The number of ketones is 1. The molecular weight excluding hydrogens is 138 g/mol. The standard InChI is InChI=1S/C9H10NO/c1-2-9(11)7-4-3-5-8(10)6-7/h3-6,10H,2H2,1H3. The Labute approximate surface area is 66.0 Å². The molecule has 2 heteroatoms. The van der Waals surface area contributed by atoms with Gasteiger partial charge in [0.2, 0.25) is 0 Å². The van der Waals surface area contributed by atoms with E-state index in [2.05, 4.69) is 0 Å². The molecule has 1 rings (SSSR count). The van der Waals surface area contributed by atoms with Gasteiger partial charge in [-0.1, -0.05) is 19.1 Å². The Balaban J connectivity index is 2.96. The van der Waals surface area contributed by atoms with Crippen molar-refractivity contribution in [1.29, 1.82) is 0 Å². The summed E-state index contributed by atoms with van der Waals surface area (Å²) >= 11 is 0. The lowest BCUT2D eigenvalue weighted by Crippen LogP contribution is -1.95. The smallest absolute Gasteiger partial charge is 0.162 e. The lowest BCUT2D eigenvalue weighted by molar-refractivity contribution is 0.0988. The highest BCUT2D eigenvalue weighted by molar-refractivity contribution is 5.96. The first kappa shape index (κ1) is 7.79. The fourth-order valence-electron chi connectivity index (χ4n) is 0.897. The van der Waals surface area contributed by atoms with Crippen molar-refractivity contribution >= 4 is 11.5 Å². The SMILES string of the molecule is CCC(=O)c1cccc([NH])c1. The van der Waals surface area contributed by atoms with Crippen molar-refractivity contribution in [2.45, 2.75) is 13.3 Å². The molecule has 0 amide bonds. The lowest BCUT2D eigenvalue weighted by atomic mass is 10.1. The second kappa shape index (κ2) is 3.19. The Kier molecular flexibility index (Phi) is 2.26. The molecule has 0 aromatic heterocycles. The summed E-state index contributed by atoms with van der Waals surface area (Å²) in [6, 6.07) is 6.72. The maximum Gasteiger partial charge on any atom is 0.162 e. The number of carbonyl (C=O) groups is 1. The minimum absolute atomic E-state index is 0.0964. The number of hydrogen-bond acceptors (Lipinski definition) is 1. The Morgan fingerprint density at radius 2 is 2.27 bits per heavy atom. The molecule has 11 heavy (non-hydrogen) atoms. The summed E-state index contributed by atoms with van der Waals surface area (Å²) < 4.78 is 0. The molecule has 1 radical (unpaired) electrons. The van der Waals surface area contributed by atoms with E-state index in [9.17, 15) is 4.79 Å². The largest absolute Gasteiger partial charge is 0.301 e. The van der Waals surface area contributed by atoms with Crippen molar-refractivity contribution in [3.05, 3.63) is 29.8 Å². The molecule has 0 bridgehead atoms. The molecule has 0 heterocycles. The van der Waals surface area contributed by atoms with Crippen LogP contribution in [0.3, 0.4) is 0 Å². The van der Waals surface area contributed by atoms with Crippen LogP contribution in [0.25, 0.3) is 0 Å². The molecule has 0 spiro atoms. The van der Waals surface area contributed by atoms with Crippen LogP contribution < -0.4 is 5.73 Å². The molecule has 57 valence electrons. The molecule has 0 aliphatic heterocycles. The monoisotopic (exact) mass is 148 g/mol. The maximum absolute atomic E-state index is 11.1. The van der Waals surface area contributed by atoms with E-state index in [1.807, 2.05) is 6.92 Å². The van der Waals surface area contributed by atoms with E-state index in [1.165, 1.54) is 0 Å². The van der Waals surface area contributed by atoms with E-state index in [-0.39, 0.29) is 5.78 Å². The van der Waals surface area contributed by atoms with Gasteiger partial charge in [-0.2, -0.15) is 0 Å². The molecular formula is C9H10NO. The molecule has 1 N–H and O–H groups in total. The zero-order valence-electron chi connectivity index (χ0n) is 6.42. The molecule has 2 nitrogen and oxygen atoms in total. The van der Waals surface area contributed by atoms with Gasteiger partial charge in [-0.3, -0.25) is 4.79 Å². The van der Waals surface area contributed by atoms with Crippen molar-refractivity contribution in [2.75, 3.05) is 0 Å². The third-order valence-corrected chi connectivity index (χ3v) is 1.51. The predicted octanol–water partition coefficient (Wildman–Crippen LogP) is 2.19. The normalized spacial score (nSPS) is 9.55. The summed E-state index contributed by atoms with van der Waals surface area (Å²) in [4.78, 5) is 11.1. The van der Waals surface area contributed by atoms with Gasteiger partial charge >= 0.3 is 0 Å². The van der Waals surface area contributed by atoms with Gasteiger partial charge in [0.05, 0.1) is 5.69 Å². The molecule has 0 unspecified atom stereocenters. The molecule has 0 aliphatic rings. The number of rotatable bonds is 2. The van der Waals surface area contributed by atoms with Crippen LogP contribution in [0.5, 0.6) is 0 Å². The van der Waals surface area contributed by atoms with Crippen LogP contribution in [0, 0.1) is 0 Å². The fraction of sp³-hybridized carbons (Fsp3) is 0.222. The van der Waals surface area contributed by atoms with E-state index in [4.69, 9.17) is 5.73 Å². The highest BCUT2D eigenvalue weighted by Crippen LogP contribution is 2.09. The highest BCUT2D eigenvalue weighted by atomic mass is 16.1. The van der Waals surface area contributed by atoms with Crippen molar-refractivity contribution in [2.24, 2.45) is 0 Å². The third kappa shape index (κ3) is 1.80.